The van der Waals surface area contributed by atoms with Crippen molar-refractivity contribution in [3.63, 3.8) is 0 Å². The highest BCUT2D eigenvalue weighted by molar-refractivity contribution is 5.70. The summed E-state index contributed by atoms with van der Waals surface area (Å²) in [7, 11) is 5.93. The Kier molecular flexibility index (Phi) is 59.3. The van der Waals surface area contributed by atoms with Crippen LogP contribution in [0.5, 0.6) is 0 Å². The fraction of sp³-hybridized carbons (Fsp3) is 0.736. The summed E-state index contributed by atoms with van der Waals surface area (Å²) in [6.45, 7) is 4.64. The fourth-order valence-electron chi connectivity index (χ4n) is 9.22. The summed E-state index contributed by atoms with van der Waals surface area (Å²) < 4.78 is 22.7. The molecule has 0 amide bonds. The lowest BCUT2D eigenvalue weighted by Crippen LogP contribution is -2.44. The largest absolute Gasteiger partial charge is 0.545 e. The Morgan fingerprint density at radius 1 is 0.383 bits per heavy atom. The van der Waals surface area contributed by atoms with E-state index in [9.17, 15) is 19.5 Å². The average molecular weight is 1130 g/mol. The van der Waals surface area contributed by atoms with Gasteiger partial charge >= 0.3 is 11.9 Å². The lowest BCUT2D eigenvalue weighted by Gasteiger charge is -2.26. The van der Waals surface area contributed by atoms with Gasteiger partial charge in [0, 0.05) is 12.8 Å². The molecule has 0 spiro atoms. The van der Waals surface area contributed by atoms with E-state index in [-0.39, 0.29) is 38.6 Å². The molecule has 0 bridgehead atoms. The van der Waals surface area contributed by atoms with Crippen LogP contribution < -0.4 is 5.11 Å². The van der Waals surface area contributed by atoms with Gasteiger partial charge in [0.1, 0.15) is 13.2 Å². The van der Waals surface area contributed by atoms with Crippen molar-refractivity contribution >= 4 is 17.9 Å². The number of esters is 2. The predicted octanol–water partition coefficient (Wildman–Crippen LogP) is 19.1. The quantitative estimate of drug-likeness (QED) is 0.0195. The summed E-state index contributed by atoms with van der Waals surface area (Å²) in [5.74, 6) is -2.28. The monoisotopic (exact) mass is 1130 g/mol. The molecular weight excluding hydrogens is 1010 g/mol. The van der Waals surface area contributed by atoms with Gasteiger partial charge in [0.25, 0.3) is 0 Å². The molecule has 0 N–H and O–H groups in total. The Balaban J connectivity index is 4.06. The maximum Gasteiger partial charge on any atom is 0.306 e. The highest BCUT2D eigenvalue weighted by Gasteiger charge is 2.22. The molecule has 9 nitrogen and oxygen atoms in total. The van der Waals surface area contributed by atoms with Gasteiger partial charge in [-0.3, -0.25) is 9.59 Å². The first-order chi connectivity index (χ1) is 39.6. The zero-order valence-electron chi connectivity index (χ0n) is 53.1. The lowest BCUT2D eigenvalue weighted by atomic mass is 10.0. The molecule has 0 saturated heterocycles. The van der Waals surface area contributed by atoms with E-state index in [1.807, 2.05) is 21.1 Å². The van der Waals surface area contributed by atoms with E-state index in [2.05, 4.69) is 111 Å². The van der Waals surface area contributed by atoms with Crippen molar-refractivity contribution in [3.8, 4) is 0 Å². The van der Waals surface area contributed by atoms with Crippen molar-refractivity contribution in [1.82, 2.24) is 0 Å². The minimum Gasteiger partial charge on any atom is -0.545 e. The van der Waals surface area contributed by atoms with Crippen molar-refractivity contribution in [3.05, 3.63) is 97.2 Å². The topological polar surface area (TPSA) is 111 Å². The molecule has 81 heavy (non-hydrogen) atoms. The van der Waals surface area contributed by atoms with Crippen molar-refractivity contribution in [1.29, 1.82) is 0 Å². The fourth-order valence-corrected chi connectivity index (χ4v) is 9.22. The van der Waals surface area contributed by atoms with Gasteiger partial charge in [-0.25, -0.2) is 0 Å². The normalized spacial score (nSPS) is 13.3. The molecular formula is C72H125NO8. The molecule has 0 aliphatic carbocycles. The number of allylic oxidation sites excluding steroid dienone is 16. The molecule has 9 heteroatoms. The molecule has 0 rings (SSSR count). The molecule has 0 aliphatic rings. The molecule has 0 saturated carbocycles. The van der Waals surface area contributed by atoms with Gasteiger partial charge in [-0.05, 0) is 96.3 Å². The van der Waals surface area contributed by atoms with E-state index in [1.165, 1.54) is 154 Å². The minimum absolute atomic E-state index is 0.145. The Bertz CT molecular complexity index is 1650. The van der Waals surface area contributed by atoms with Gasteiger partial charge in [0.2, 0.25) is 0 Å². The number of carboxylic acid groups (broad SMARTS) is 1. The van der Waals surface area contributed by atoms with Crippen molar-refractivity contribution in [2.24, 2.45) is 0 Å². The number of quaternary nitrogens is 1. The Morgan fingerprint density at radius 3 is 1.06 bits per heavy atom. The summed E-state index contributed by atoms with van der Waals surface area (Å²) in [6.07, 6.45) is 82.0. The molecule has 0 fully saturated rings. The zero-order valence-corrected chi connectivity index (χ0v) is 53.1. The van der Waals surface area contributed by atoms with Crippen LogP contribution in [0.4, 0.5) is 0 Å². The minimum atomic E-state index is -1.62. The molecule has 466 valence electrons. The predicted molar refractivity (Wildman–Crippen MR) is 343 cm³/mol. The van der Waals surface area contributed by atoms with Crippen LogP contribution in [0.3, 0.4) is 0 Å². The molecule has 0 aromatic carbocycles. The number of rotatable bonds is 61. The second-order valence-electron chi connectivity index (χ2n) is 23.4. The van der Waals surface area contributed by atoms with Crippen molar-refractivity contribution < 1.29 is 42.9 Å². The number of hydrogen-bond donors (Lipinski definition) is 0. The second-order valence-corrected chi connectivity index (χ2v) is 23.4. The van der Waals surface area contributed by atoms with Gasteiger partial charge in [-0.15, -0.1) is 0 Å². The van der Waals surface area contributed by atoms with Gasteiger partial charge in [-0.2, -0.15) is 0 Å². The summed E-state index contributed by atoms with van der Waals surface area (Å²) in [4.78, 5) is 37.4. The van der Waals surface area contributed by atoms with E-state index in [1.54, 1.807) is 0 Å². The Morgan fingerprint density at radius 2 is 0.704 bits per heavy atom. The number of carbonyl (C=O) groups excluding carboxylic acids is 3. The average Bonchev–Trinajstić information content (AvgIpc) is 3.44. The summed E-state index contributed by atoms with van der Waals surface area (Å²) in [6, 6.07) is 0. The van der Waals surface area contributed by atoms with Crippen LogP contribution in [0.25, 0.3) is 0 Å². The first kappa shape index (κ1) is 77.2. The van der Waals surface area contributed by atoms with E-state index in [4.69, 9.17) is 18.9 Å². The van der Waals surface area contributed by atoms with E-state index in [0.29, 0.717) is 17.4 Å². The van der Waals surface area contributed by atoms with Crippen LogP contribution in [0, 0.1) is 0 Å². The third-order valence-corrected chi connectivity index (χ3v) is 14.3. The smallest absolute Gasteiger partial charge is 0.306 e. The molecule has 0 aliphatic heterocycles. The highest BCUT2D eigenvalue weighted by Crippen LogP contribution is 2.17. The van der Waals surface area contributed by atoms with Crippen LogP contribution >= 0.6 is 0 Å². The maximum absolute atomic E-state index is 12.9. The van der Waals surface area contributed by atoms with E-state index < -0.39 is 24.3 Å². The lowest BCUT2D eigenvalue weighted by molar-refractivity contribution is -0.870. The molecule has 0 radical (unpaired) electrons. The van der Waals surface area contributed by atoms with E-state index in [0.717, 1.165) is 96.3 Å². The van der Waals surface area contributed by atoms with Crippen molar-refractivity contribution in [2.75, 3.05) is 47.5 Å². The Hall–Kier alpha value is -3.79. The molecule has 0 aromatic rings. The molecule has 0 aromatic heterocycles. The summed E-state index contributed by atoms with van der Waals surface area (Å²) in [5.41, 5.74) is 0. The number of ether oxygens (including phenoxy) is 4. The van der Waals surface area contributed by atoms with Crippen LogP contribution in [0.2, 0.25) is 0 Å². The van der Waals surface area contributed by atoms with Gasteiger partial charge < -0.3 is 33.3 Å². The van der Waals surface area contributed by atoms with E-state index >= 15 is 0 Å². The third-order valence-electron chi connectivity index (χ3n) is 14.3. The number of carboxylic acids is 1. The van der Waals surface area contributed by atoms with Crippen LogP contribution in [0.15, 0.2) is 97.2 Å². The first-order valence-electron chi connectivity index (χ1n) is 33.4. The second kappa shape index (κ2) is 62.3. The molecule has 2 unspecified atom stereocenters. The van der Waals surface area contributed by atoms with Crippen LogP contribution in [-0.2, 0) is 33.3 Å². The van der Waals surface area contributed by atoms with Gasteiger partial charge in [-0.1, -0.05) is 272 Å². The molecule has 0 heterocycles. The summed E-state index contributed by atoms with van der Waals surface area (Å²) in [5, 5.41) is 11.8. The van der Waals surface area contributed by atoms with Gasteiger partial charge in [0.15, 0.2) is 12.4 Å². The molecule has 2 atom stereocenters. The zero-order chi connectivity index (χ0) is 59.1. The first-order valence-corrected chi connectivity index (χ1v) is 33.4. The number of likely N-dealkylation sites (N-methyl/N-ethyl adjacent to an activating group) is 1. The number of aliphatic carboxylic acids is 1. The Labute approximate surface area is 499 Å². The number of hydrogen-bond acceptors (Lipinski definition) is 8. The number of carbonyl (C=O) groups is 3. The number of unbranched alkanes of at least 4 members (excludes halogenated alkanes) is 30. The third kappa shape index (κ3) is 63.6. The summed E-state index contributed by atoms with van der Waals surface area (Å²) >= 11 is 0. The standard InChI is InChI=1S/C72H125NO8/c1-6-8-10-12-14-16-18-20-22-24-25-26-27-28-29-30-31-32-33-34-35-36-37-38-39-40-41-42-43-44-45-47-49-51-53-55-57-59-61-63-70(75)81-68(67-80-72(71(76)77)78-65-64-73(3,4)5)66-79-69(74)62-60-58-56-54-52-50-48-46-23-21-19-17-15-13-11-9-7-2/h8,10,14,16,20-23,25-26,28-29,31-32,34-35,68,72H,6-7,9,11-13,15,17-19,24,27,30,33,36-67H2,1-5H3/b10-8-,16-14-,22-20-,23-21-,26-25-,29-28-,32-31-,35-34-. The highest BCUT2D eigenvalue weighted by atomic mass is 16.7. The number of nitrogens with zero attached hydrogens (tertiary/aromatic N) is 1. The van der Waals surface area contributed by atoms with Crippen LogP contribution in [0.1, 0.15) is 284 Å². The van der Waals surface area contributed by atoms with Gasteiger partial charge in [0.05, 0.1) is 40.3 Å². The van der Waals surface area contributed by atoms with Crippen molar-refractivity contribution in [2.45, 2.75) is 296 Å². The SMILES string of the molecule is CC/C=C\C/C=C\C/C=C\C/C=C\C/C=C\C/C=C\C/C=C\CCCCCCCCCCCCCCCCCCCC(=O)OC(COC(=O)CCCCCCCCC/C=C\CCCCCCCC)COC(OCC[N+](C)(C)C)C(=O)[O-]. The maximum atomic E-state index is 12.9. The van der Waals surface area contributed by atoms with Crippen LogP contribution in [-0.4, -0.2) is 82.3 Å².